The minimum absolute atomic E-state index is 0.630. The second-order valence-corrected chi connectivity index (χ2v) is 5.64. The molecule has 0 bridgehead atoms. The summed E-state index contributed by atoms with van der Waals surface area (Å²) in [7, 11) is 0. The lowest BCUT2D eigenvalue weighted by Crippen LogP contribution is -2.41. The van der Waals surface area contributed by atoms with Gasteiger partial charge in [-0.05, 0) is 50.5 Å². The van der Waals surface area contributed by atoms with Crippen molar-refractivity contribution in [2.45, 2.75) is 39.3 Å². The van der Waals surface area contributed by atoms with Crippen LogP contribution in [0.1, 0.15) is 31.9 Å². The van der Waals surface area contributed by atoms with Gasteiger partial charge in [-0.3, -0.25) is 4.90 Å². The molecule has 0 aliphatic carbocycles. The zero-order chi connectivity index (χ0) is 13.2. The topological polar surface area (TPSA) is 32.7 Å². The normalized spacial score (nSPS) is 16.4. The van der Waals surface area contributed by atoms with Crippen molar-refractivity contribution >= 4 is 0 Å². The van der Waals surface area contributed by atoms with Crippen molar-refractivity contribution in [3.05, 3.63) is 29.3 Å². The number of fused-ring (bicyclic) bond motifs is 1. The molecule has 0 aromatic heterocycles. The zero-order valence-corrected chi connectivity index (χ0v) is 11.6. The molecule has 2 rings (SSSR count). The number of benzene rings is 1. The van der Waals surface area contributed by atoms with Crippen LogP contribution in [-0.2, 0) is 13.0 Å². The van der Waals surface area contributed by atoms with Crippen molar-refractivity contribution in [2.24, 2.45) is 0 Å². The highest BCUT2D eigenvalue weighted by molar-refractivity contribution is 5.37. The van der Waals surface area contributed by atoms with Gasteiger partial charge in [-0.15, -0.1) is 0 Å². The minimum atomic E-state index is -0.630. The Balaban J connectivity index is 2.09. The fraction of sp³-hybridized carbons (Fsp3) is 0.600. The van der Waals surface area contributed by atoms with Gasteiger partial charge in [-0.25, -0.2) is 0 Å². The van der Waals surface area contributed by atoms with Gasteiger partial charge in [0.1, 0.15) is 5.75 Å². The number of aliphatic hydroxyl groups is 1. The van der Waals surface area contributed by atoms with Gasteiger partial charge >= 0.3 is 0 Å². The molecule has 18 heavy (non-hydrogen) atoms. The molecule has 1 N–H and O–H groups in total. The molecule has 1 aliphatic heterocycles. The number of β-amino-alcohol motifs (C(OH)–C–C–N with tert-alkyl or cyclic N) is 1. The molecule has 0 spiro atoms. The average molecular weight is 249 g/mol. The third-order valence-electron chi connectivity index (χ3n) is 3.19. The molecule has 0 atom stereocenters. The molecular formula is C15H23NO2. The summed E-state index contributed by atoms with van der Waals surface area (Å²) in [5.74, 6) is 0.946. The Kier molecular flexibility index (Phi) is 3.93. The second-order valence-electron chi connectivity index (χ2n) is 5.64. The first kappa shape index (κ1) is 13.4. The molecule has 0 radical (unpaired) electrons. The number of ether oxygens (including phenoxy) is 1. The highest BCUT2D eigenvalue weighted by Gasteiger charge is 2.22. The Morgan fingerprint density at radius 1 is 1.33 bits per heavy atom. The van der Waals surface area contributed by atoms with E-state index >= 15 is 0 Å². The van der Waals surface area contributed by atoms with Gasteiger partial charge in [-0.1, -0.05) is 6.07 Å². The van der Waals surface area contributed by atoms with Crippen molar-refractivity contribution in [2.75, 3.05) is 19.7 Å². The molecule has 0 saturated heterocycles. The van der Waals surface area contributed by atoms with E-state index in [4.69, 9.17) is 4.74 Å². The SMILES string of the molecule is CCOc1ccc2c(c1)CN(CC(C)(C)O)CC2. The van der Waals surface area contributed by atoms with E-state index in [1.54, 1.807) is 0 Å². The molecule has 1 aliphatic rings. The number of nitrogens with zero attached hydrogens (tertiary/aromatic N) is 1. The van der Waals surface area contributed by atoms with E-state index in [9.17, 15) is 5.11 Å². The van der Waals surface area contributed by atoms with Crippen molar-refractivity contribution < 1.29 is 9.84 Å². The number of rotatable bonds is 4. The van der Waals surface area contributed by atoms with E-state index in [0.29, 0.717) is 13.2 Å². The van der Waals surface area contributed by atoms with Crippen molar-refractivity contribution in [3.8, 4) is 5.75 Å². The monoisotopic (exact) mass is 249 g/mol. The maximum Gasteiger partial charge on any atom is 0.119 e. The maximum atomic E-state index is 9.89. The fourth-order valence-corrected chi connectivity index (χ4v) is 2.53. The van der Waals surface area contributed by atoms with Crippen molar-refractivity contribution in [1.29, 1.82) is 0 Å². The number of hydrogen-bond acceptors (Lipinski definition) is 3. The lowest BCUT2D eigenvalue weighted by molar-refractivity contribution is 0.0317. The molecule has 0 amide bonds. The molecule has 0 fully saturated rings. The van der Waals surface area contributed by atoms with Crippen LogP contribution in [0.5, 0.6) is 5.75 Å². The predicted octanol–water partition coefficient (Wildman–Crippen LogP) is 2.21. The molecule has 3 nitrogen and oxygen atoms in total. The predicted molar refractivity (Wildman–Crippen MR) is 72.9 cm³/mol. The standard InChI is InChI=1S/C15H23NO2/c1-4-18-14-6-5-12-7-8-16(10-13(12)9-14)11-15(2,3)17/h5-6,9,17H,4,7-8,10-11H2,1-3H3. The highest BCUT2D eigenvalue weighted by Crippen LogP contribution is 2.24. The Hall–Kier alpha value is -1.06. The molecule has 100 valence electrons. The molecule has 1 heterocycles. The summed E-state index contributed by atoms with van der Waals surface area (Å²) >= 11 is 0. The van der Waals surface area contributed by atoms with Gasteiger partial charge in [0, 0.05) is 19.6 Å². The molecule has 1 aromatic carbocycles. The summed E-state index contributed by atoms with van der Waals surface area (Å²) in [6.45, 7) is 9.06. The molecule has 1 aromatic rings. The van der Waals surface area contributed by atoms with Crippen LogP contribution in [0.3, 0.4) is 0 Å². The van der Waals surface area contributed by atoms with Crippen LogP contribution < -0.4 is 4.74 Å². The Labute approximate surface area is 109 Å². The van der Waals surface area contributed by atoms with Crippen molar-refractivity contribution in [3.63, 3.8) is 0 Å². The highest BCUT2D eigenvalue weighted by atomic mass is 16.5. The second kappa shape index (κ2) is 5.29. The van der Waals surface area contributed by atoms with Crippen LogP contribution in [0.25, 0.3) is 0 Å². The van der Waals surface area contributed by atoms with E-state index in [1.165, 1.54) is 11.1 Å². The summed E-state index contributed by atoms with van der Waals surface area (Å²) in [6, 6.07) is 6.35. The molecule has 3 heteroatoms. The quantitative estimate of drug-likeness (QED) is 0.888. The molecule has 0 unspecified atom stereocenters. The van der Waals surface area contributed by atoms with Crippen molar-refractivity contribution in [1.82, 2.24) is 4.90 Å². The number of hydrogen-bond donors (Lipinski definition) is 1. The first-order chi connectivity index (χ1) is 8.48. The van der Waals surface area contributed by atoms with Gasteiger partial charge in [0.05, 0.1) is 12.2 Å². The fourth-order valence-electron chi connectivity index (χ4n) is 2.53. The first-order valence-corrected chi connectivity index (χ1v) is 6.67. The lowest BCUT2D eigenvalue weighted by atomic mass is 9.98. The van der Waals surface area contributed by atoms with Crippen LogP contribution in [0.15, 0.2) is 18.2 Å². The van der Waals surface area contributed by atoms with Crippen LogP contribution >= 0.6 is 0 Å². The third-order valence-corrected chi connectivity index (χ3v) is 3.19. The van der Waals surface area contributed by atoms with Crippen LogP contribution in [0.4, 0.5) is 0 Å². The Morgan fingerprint density at radius 2 is 2.11 bits per heavy atom. The molecule has 0 saturated carbocycles. The van der Waals surface area contributed by atoms with Gasteiger partial charge in [-0.2, -0.15) is 0 Å². The zero-order valence-electron chi connectivity index (χ0n) is 11.6. The van der Waals surface area contributed by atoms with E-state index in [2.05, 4.69) is 17.0 Å². The average Bonchev–Trinajstić information content (AvgIpc) is 2.27. The van der Waals surface area contributed by atoms with Gasteiger partial charge in [0.15, 0.2) is 0 Å². The van der Waals surface area contributed by atoms with E-state index in [-0.39, 0.29) is 0 Å². The van der Waals surface area contributed by atoms with E-state index in [1.807, 2.05) is 26.8 Å². The minimum Gasteiger partial charge on any atom is -0.494 e. The van der Waals surface area contributed by atoms with Crippen LogP contribution in [0.2, 0.25) is 0 Å². The smallest absolute Gasteiger partial charge is 0.119 e. The summed E-state index contributed by atoms with van der Waals surface area (Å²) in [6.07, 6.45) is 1.05. The lowest BCUT2D eigenvalue weighted by Gasteiger charge is -2.33. The summed E-state index contributed by atoms with van der Waals surface area (Å²) < 4.78 is 5.54. The summed E-state index contributed by atoms with van der Waals surface area (Å²) in [4.78, 5) is 2.30. The van der Waals surface area contributed by atoms with Crippen LogP contribution in [-0.4, -0.2) is 35.3 Å². The Morgan fingerprint density at radius 3 is 2.78 bits per heavy atom. The van der Waals surface area contributed by atoms with Gasteiger partial charge < -0.3 is 9.84 Å². The summed E-state index contributed by atoms with van der Waals surface area (Å²) in [5.41, 5.74) is 2.11. The largest absolute Gasteiger partial charge is 0.494 e. The Bertz CT molecular complexity index is 409. The van der Waals surface area contributed by atoms with Gasteiger partial charge in [0.2, 0.25) is 0 Å². The molecular weight excluding hydrogens is 226 g/mol. The summed E-state index contributed by atoms with van der Waals surface area (Å²) in [5, 5.41) is 9.89. The first-order valence-electron chi connectivity index (χ1n) is 6.67. The maximum absolute atomic E-state index is 9.89. The third kappa shape index (κ3) is 3.47. The van der Waals surface area contributed by atoms with Gasteiger partial charge in [0.25, 0.3) is 0 Å². The van der Waals surface area contributed by atoms with E-state index in [0.717, 1.165) is 25.3 Å². The van der Waals surface area contributed by atoms with E-state index < -0.39 is 5.60 Å². The van der Waals surface area contributed by atoms with Crippen LogP contribution in [0, 0.1) is 0 Å².